The van der Waals surface area contributed by atoms with Crippen LogP contribution in [0.15, 0.2) is 27.6 Å². The van der Waals surface area contributed by atoms with Crippen molar-refractivity contribution >= 4 is 33.6 Å². The molecule has 1 aliphatic rings. The van der Waals surface area contributed by atoms with Crippen LogP contribution in [0.2, 0.25) is 0 Å². The van der Waals surface area contributed by atoms with Gasteiger partial charge < -0.3 is 10.6 Å². The molecule has 0 bridgehead atoms. The normalized spacial score (nSPS) is 18.5. The van der Waals surface area contributed by atoms with E-state index >= 15 is 0 Å². The molecule has 1 heterocycles. The molecule has 0 aromatic heterocycles. The monoisotopic (exact) mass is 342 g/mol. The van der Waals surface area contributed by atoms with Crippen LogP contribution in [0.5, 0.6) is 0 Å². The molecule has 2 rings (SSSR count). The highest BCUT2D eigenvalue weighted by Crippen LogP contribution is 2.25. The van der Waals surface area contributed by atoms with E-state index < -0.39 is 0 Å². The molecule has 5 heteroatoms. The lowest BCUT2D eigenvalue weighted by molar-refractivity contribution is -0.118. The number of aryl methyl sites for hydroxylation is 1. The number of carbonyl (C=O) groups excluding carboxylic acids is 1. The van der Waals surface area contributed by atoms with Crippen molar-refractivity contribution in [3.8, 4) is 0 Å². The first kappa shape index (κ1) is 14.9. The van der Waals surface area contributed by atoms with E-state index in [1.54, 1.807) is 11.8 Å². The van der Waals surface area contributed by atoms with Gasteiger partial charge in [0.05, 0.1) is 5.75 Å². The molecule has 3 nitrogen and oxygen atoms in total. The molecule has 19 heavy (non-hydrogen) atoms. The van der Waals surface area contributed by atoms with Gasteiger partial charge in [0.2, 0.25) is 5.91 Å². The molecule has 1 unspecified atom stereocenters. The Morgan fingerprint density at radius 3 is 3.11 bits per heavy atom. The Kier molecular flexibility index (Phi) is 5.73. The summed E-state index contributed by atoms with van der Waals surface area (Å²) >= 11 is 5.04. The lowest BCUT2D eigenvalue weighted by Gasteiger charge is -2.11. The smallest absolute Gasteiger partial charge is 0.230 e. The van der Waals surface area contributed by atoms with E-state index in [1.165, 1.54) is 18.4 Å². The number of nitrogens with one attached hydrogen (secondary N) is 2. The molecular weight excluding hydrogens is 324 g/mol. The van der Waals surface area contributed by atoms with Crippen LogP contribution in [0, 0.1) is 6.92 Å². The Morgan fingerprint density at radius 2 is 2.42 bits per heavy atom. The second kappa shape index (κ2) is 7.31. The van der Waals surface area contributed by atoms with Crippen molar-refractivity contribution in [1.82, 2.24) is 10.6 Å². The van der Waals surface area contributed by atoms with Gasteiger partial charge in [-0.25, -0.2) is 0 Å². The summed E-state index contributed by atoms with van der Waals surface area (Å²) in [6.07, 6.45) is 2.38. The largest absolute Gasteiger partial charge is 0.354 e. The lowest BCUT2D eigenvalue weighted by Crippen LogP contribution is -2.37. The Hall–Kier alpha value is -0.520. The van der Waals surface area contributed by atoms with Gasteiger partial charge in [-0.2, -0.15) is 0 Å². The summed E-state index contributed by atoms with van der Waals surface area (Å²) in [6.45, 7) is 3.89. The van der Waals surface area contributed by atoms with E-state index in [9.17, 15) is 4.79 Å². The van der Waals surface area contributed by atoms with Crippen molar-refractivity contribution in [3.05, 3.63) is 28.2 Å². The average molecular weight is 343 g/mol. The number of amides is 1. The second-order valence-electron chi connectivity index (χ2n) is 4.80. The molecule has 0 saturated carbocycles. The van der Waals surface area contributed by atoms with E-state index in [-0.39, 0.29) is 5.91 Å². The molecule has 1 atom stereocenters. The third-order valence-electron chi connectivity index (χ3n) is 3.20. The standard InChI is InChI=1S/C14H19BrN2OS/c1-10-7-11(15)4-5-13(10)19-9-14(18)17-8-12-3-2-6-16-12/h4-5,7,12,16H,2-3,6,8-9H2,1H3,(H,17,18). The van der Waals surface area contributed by atoms with E-state index in [0.717, 1.165) is 22.5 Å². The number of halogens is 1. The van der Waals surface area contributed by atoms with Crippen LogP contribution in [-0.2, 0) is 4.79 Å². The van der Waals surface area contributed by atoms with Crippen molar-refractivity contribution in [1.29, 1.82) is 0 Å². The topological polar surface area (TPSA) is 41.1 Å². The fourth-order valence-electron chi connectivity index (χ4n) is 2.14. The maximum atomic E-state index is 11.8. The van der Waals surface area contributed by atoms with Gasteiger partial charge >= 0.3 is 0 Å². The third kappa shape index (κ3) is 4.82. The highest BCUT2D eigenvalue weighted by atomic mass is 79.9. The fraction of sp³-hybridized carbons (Fsp3) is 0.500. The van der Waals surface area contributed by atoms with Crippen LogP contribution in [0.1, 0.15) is 18.4 Å². The Morgan fingerprint density at radius 1 is 1.58 bits per heavy atom. The van der Waals surface area contributed by atoms with Gasteiger partial charge in [-0.3, -0.25) is 4.79 Å². The molecule has 1 amide bonds. The summed E-state index contributed by atoms with van der Waals surface area (Å²) in [5, 5.41) is 6.37. The highest BCUT2D eigenvalue weighted by Gasteiger charge is 2.14. The molecule has 0 spiro atoms. The van der Waals surface area contributed by atoms with Crippen molar-refractivity contribution < 1.29 is 4.79 Å². The number of thioether (sulfide) groups is 1. The predicted octanol–water partition coefficient (Wildman–Crippen LogP) is 2.72. The van der Waals surface area contributed by atoms with Crippen molar-refractivity contribution in [2.75, 3.05) is 18.8 Å². The number of hydrogen-bond donors (Lipinski definition) is 2. The van der Waals surface area contributed by atoms with Gasteiger partial charge in [-0.1, -0.05) is 15.9 Å². The first-order valence-electron chi connectivity index (χ1n) is 6.54. The minimum absolute atomic E-state index is 0.112. The predicted molar refractivity (Wildman–Crippen MR) is 83.6 cm³/mol. The zero-order valence-electron chi connectivity index (χ0n) is 11.0. The van der Waals surface area contributed by atoms with Crippen LogP contribution in [0.3, 0.4) is 0 Å². The summed E-state index contributed by atoms with van der Waals surface area (Å²) in [6, 6.07) is 6.59. The molecule has 0 aliphatic carbocycles. The molecule has 1 aromatic carbocycles. The van der Waals surface area contributed by atoms with Gasteiger partial charge in [0.25, 0.3) is 0 Å². The Balaban J connectivity index is 1.73. The molecule has 1 saturated heterocycles. The zero-order chi connectivity index (χ0) is 13.7. The van der Waals surface area contributed by atoms with Gasteiger partial charge in [-0.15, -0.1) is 11.8 Å². The summed E-state index contributed by atoms with van der Waals surface area (Å²) in [4.78, 5) is 12.9. The van der Waals surface area contributed by atoms with Crippen molar-refractivity contribution in [2.24, 2.45) is 0 Å². The van der Waals surface area contributed by atoms with E-state index in [1.807, 2.05) is 6.07 Å². The molecule has 1 fully saturated rings. The molecule has 0 radical (unpaired) electrons. The van der Waals surface area contributed by atoms with Gasteiger partial charge in [-0.05, 0) is 50.1 Å². The summed E-state index contributed by atoms with van der Waals surface area (Å²) in [7, 11) is 0. The number of hydrogen-bond acceptors (Lipinski definition) is 3. The van der Waals surface area contributed by atoms with Gasteiger partial charge in [0.1, 0.15) is 0 Å². The van der Waals surface area contributed by atoms with E-state index in [2.05, 4.69) is 45.6 Å². The lowest BCUT2D eigenvalue weighted by atomic mass is 10.2. The van der Waals surface area contributed by atoms with Crippen molar-refractivity contribution in [3.63, 3.8) is 0 Å². The Labute approximate surface area is 127 Å². The number of benzene rings is 1. The van der Waals surface area contributed by atoms with Crippen LogP contribution >= 0.6 is 27.7 Å². The van der Waals surface area contributed by atoms with Crippen molar-refractivity contribution in [2.45, 2.75) is 30.7 Å². The number of carbonyl (C=O) groups is 1. The molecule has 104 valence electrons. The maximum absolute atomic E-state index is 11.8. The van der Waals surface area contributed by atoms with Gasteiger partial charge in [0.15, 0.2) is 0 Å². The average Bonchev–Trinajstić information content (AvgIpc) is 2.88. The summed E-state index contributed by atoms with van der Waals surface area (Å²) in [5.74, 6) is 0.593. The van der Waals surface area contributed by atoms with Crippen LogP contribution in [-0.4, -0.2) is 30.8 Å². The minimum atomic E-state index is 0.112. The van der Waals surface area contributed by atoms with E-state index in [0.29, 0.717) is 11.8 Å². The third-order valence-corrected chi connectivity index (χ3v) is 4.87. The second-order valence-corrected chi connectivity index (χ2v) is 6.73. The quantitative estimate of drug-likeness (QED) is 0.808. The SMILES string of the molecule is Cc1cc(Br)ccc1SCC(=O)NCC1CCCN1. The summed E-state index contributed by atoms with van der Waals surface area (Å²) in [5.41, 5.74) is 1.20. The van der Waals surface area contributed by atoms with E-state index in [4.69, 9.17) is 0 Å². The van der Waals surface area contributed by atoms with Crippen LogP contribution < -0.4 is 10.6 Å². The molecular formula is C14H19BrN2OS. The highest BCUT2D eigenvalue weighted by molar-refractivity contribution is 9.10. The molecule has 1 aliphatic heterocycles. The van der Waals surface area contributed by atoms with Gasteiger partial charge in [0, 0.05) is 22.0 Å². The fourth-order valence-corrected chi connectivity index (χ4v) is 3.45. The number of rotatable bonds is 5. The first-order valence-corrected chi connectivity index (χ1v) is 8.32. The Bertz CT molecular complexity index is 447. The first-order chi connectivity index (χ1) is 9.15. The maximum Gasteiger partial charge on any atom is 0.230 e. The zero-order valence-corrected chi connectivity index (χ0v) is 13.4. The molecule has 1 aromatic rings. The van der Waals surface area contributed by atoms with Crippen LogP contribution in [0.4, 0.5) is 0 Å². The summed E-state index contributed by atoms with van der Waals surface area (Å²) < 4.78 is 1.08. The minimum Gasteiger partial charge on any atom is -0.354 e. The van der Waals surface area contributed by atoms with Crippen LogP contribution in [0.25, 0.3) is 0 Å². The molecule has 2 N–H and O–H groups in total.